The minimum Gasteiger partial charge on any atom is -0.311 e. The second-order valence-electron chi connectivity index (χ2n) is 8.17. The van der Waals surface area contributed by atoms with E-state index in [0.29, 0.717) is 5.92 Å². The SMILES string of the molecule is CC(Sc1nnc(C2CC2)n1Cc1ccccc1)C(=O)N1CCCc2ccccc21. The quantitative estimate of drug-likeness (QED) is 0.546. The summed E-state index contributed by atoms with van der Waals surface area (Å²) in [5.41, 5.74) is 3.55. The summed E-state index contributed by atoms with van der Waals surface area (Å²) in [7, 11) is 0. The summed E-state index contributed by atoms with van der Waals surface area (Å²) in [5.74, 6) is 1.72. The van der Waals surface area contributed by atoms with Crippen LogP contribution in [0, 0.1) is 0 Å². The summed E-state index contributed by atoms with van der Waals surface area (Å²) in [6, 6.07) is 18.7. The third kappa shape index (κ3) is 3.88. The molecule has 2 aliphatic rings. The summed E-state index contributed by atoms with van der Waals surface area (Å²) in [5, 5.41) is 9.61. The van der Waals surface area contributed by atoms with Gasteiger partial charge in [-0.25, -0.2) is 0 Å². The van der Waals surface area contributed by atoms with Crippen molar-refractivity contribution in [1.29, 1.82) is 0 Å². The number of thioether (sulfide) groups is 1. The predicted molar refractivity (Wildman–Crippen MR) is 120 cm³/mol. The van der Waals surface area contributed by atoms with Gasteiger partial charge >= 0.3 is 0 Å². The Bertz CT molecular complexity index is 1040. The minimum atomic E-state index is -0.220. The van der Waals surface area contributed by atoms with Gasteiger partial charge in [0.25, 0.3) is 0 Å². The molecule has 0 N–H and O–H groups in total. The van der Waals surface area contributed by atoms with E-state index in [1.807, 2.05) is 24.0 Å². The number of carbonyl (C=O) groups is 1. The highest BCUT2D eigenvalue weighted by Gasteiger charge is 2.32. The number of fused-ring (bicyclic) bond motifs is 1. The van der Waals surface area contributed by atoms with Crippen LogP contribution < -0.4 is 4.90 Å². The van der Waals surface area contributed by atoms with E-state index in [0.717, 1.165) is 42.6 Å². The average molecular weight is 419 g/mol. The molecular weight excluding hydrogens is 392 g/mol. The van der Waals surface area contributed by atoms with Gasteiger partial charge < -0.3 is 9.47 Å². The highest BCUT2D eigenvalue weighted by Crippen LogP contribution is 2.41. The molecule has 1 amide bonds. The number of aromatic nitrogens is 3. The van der Waals surface area contributed by atoms with E-state index >= 15 is 0 Å². The smallest absolute Gasteiger partial charge is 0.240 e. The highest BCUT2D eigenvalue weighted by molar-refractivity contribution is 8.00. The highest BCUT2D eigenvalue weighted by atomic mass is 32.2. The van der Waals surface area contributed by atoms with E-state index < -0.39 is 0 Å². The number of amides is 1. The van der Waals surface area contributed by atoms with Crippen molar-refractivity contribution in [3.63, 3.8) is 0 Å². The molecule has 1 saturated carbocycles. The van der Waals surface area contributed by atoms with Crippen LogP contribution in [0.4, 0.5) is 5.69 Å². The Morgan fingerprint density at radius 2 is 1.87 bits per heavy atom. The zero-order valence-corrected chi connectivity index (χ0v) is 18.0. The van der Waals surface area contributed by atoms with Crippen LogP contribution in [0.5, 0.6) is 0 Å². The summed E-state index contributed by atoms with van der Waals surface area (Å²) in [6.45, 7) is 3.52. The molecule has 0 spiro atoms. The van der Waals surface area contributed by atoms with Crippen LogP contribution in [-0.2, 0) is 17.8 Å². The summed E-state index contributed by atoms with van der Waals surface area (Å²) >= 11 is 1.53. The minimum absolute atomic E-state index is 0.148. The molecule has 0 saturated heterocycles. The van der Waals surface area contributed by atoms with Gasteiger partial charge in [0.15, 0.2) is 5.16 Å². The van der Waals surface area contributed by atoms with E-state index in [1.165, 1.54) is 35.7 Å². The lowest BCUT2D eigenvalue weighted by Gasteiger charge is -2.31. The van der Waals surface area contributed by atoms with Crippen molar-refractivity contribution < 1.29 is 4.79 Å². The van der Waals surface area contributed by atoms with Crippen LogP contribution in [0.1, 0.15) is 49.1 Å². The lowest BCUT2D eigenvalue weighted by molar-refractivity contribution is -0.117. The summed E-state index contributed by atoms with van der Waals surface area (Å²) in [4.78, 5) is 15.3. The molecule has 154 valence electrons. The number of benzene rings is 2. The fraction of sp³-hybridized carbons (Fsp3) is 0.375. The average Bonchev–Trinajstić information content (AvgIpc) is 3.56. The normalized spacial score (nSPS) is 16.9. The Morgan fingerprint density at radius 3 is 2.67 bits per heavy atom. The van der Waals surface area contributed by atoms with Crippen molar-refractivity contribution in [1.82, 2.24) is 14.8 Å². The number of carbonyl (C=O) groups excluding carboxylic acids is 1. The van der Waals surface area contributed by atoms with Crippen molar-refractivity contribution in [2.24, 2.45) is 0 Å². The van der Waals surface area contributed by atoms with Gasteiger partial charge in [0.05, 0.1) is 11.8 Å². The molecule has 5 rings (SSSR count). The van der Waals surface area contributed by atoms with Gasteiger partial charge in [-0.3, -0.25) is 4.79 Å². The molecule has 2 heterocycles. The monoisotopic (exact) mass is 418 g/mol. The van der Waals surface area contributed by atoms with Crippen LogP contribution in [0.2, 0.25) is 0 Å². The number of hydrogen-bond acceptors (Lipinski definition) is 4. The molecule has 1 aliphatic heterocycles. The number of anilines is 1. The van der Waals surface area contributed by atoms with E-state index in [2.05, 4.69) is 57.2 Å². The molecule has 3 aromatic rings. The van der Waals surface area contributed by atoms with Crippen molar-refractivity contribution >= 4 is 23.4 Å². The van der Waals surface area contributed by atoms with Crippen LogP contribution in [0.3, 0.4) is 0 Å². The maximum absolute atomic E-state index is 13.3. The first-order chi connectivity index (χ1) is 14.7. The first kappa shape index (κ1) is 19.4. The first-order valence-electron chi connectivity index (χ1n) is 10.7. The van der Waals surface area contributed by atoms with Crippen LogP contribution >= 0.6 is 11.8 Å². The number of aryl methyl sites for hydroxylation is 1. The molecule has 0 bridgehead atoms. The lowest BCUT2D eigenvalue weighted by Crippen LogP contribution is -2.40. The third-order valence-electron chi connectivity index (χ3n) is 5.88. The van der Waals surface area contributed by atoms with Gasteiger partial charge in [-0.05, 0) is 49.8 Å². The zero-order valence-electron chi connectivity index (χ0n) is 17.2. The molecular formula is C24H26N4OS. The zero-order chi connectivity index (χ0) is 20.5. The molecule has 1 aromatic heterocycles. The van der Waals surface area contributed by atoms with E-state index in [-0.39, 0.29) is 11.2 Å². The molecule has 1 fully saturated rings. The molecule has 6 heteroatoms. The second kappa shape index (κ2) is 8.26. The van der Waals surface area contributed by atoms with E-state index in [9.17, 15) is 4.79 Å². The molecule has 2 aromatic carbocycles. The Kier molecular flexibility index (Phi) is 5.34. The fourth-order valence-electron chi connectivity index (χ4n) is 4.14. The largest absolute Gasteiger partial charge is 0.311 e. The Hall–Kier alpha value is -2.60. The van der Waals surface area contributed by atoms with Crippen LogP contribution in [-0.4, -0.2) is 32.5 Å². The first-order valence-corrected chi connectivity index (χ1v) is 11.6. The maximum Gasteiger partial charge on any atom is 0.240 e. The van der Waals surface area contributed by atoms with Crippen molar-refractivity contribution in [3.05, 3.63) is 71.5 Å². The molecule has 0 radical (unpaired) electrons. The van der Waals surface area contributed by atoms with Gasteiger partial charge in [-0.1, -0.05) is 60.3 Å². The topological polar surface area (TPSA) is 51.0 Å². The van der Waals surface area contributed by atoms with Crippen molar-refractivity contribution in [2.75, 3.05) is 11.4 Å². The number of hydrogen-bond donors (Lipinski definition) is 0. The van der Waals surface area contributed by atoms with Crippen molar-refractivity contribution in [3.8, 4) is 0 Å². The van der Waals surface area contributed by atoms with Gasteiger partial charge in [-0.2, -0.15) is 0 Å². The maximum atomic E-state index is 13.3. The second-order valence-corrected chi connectivity index (χ2v) is 9.48. The van der Waals surface area contributed by atoms with Crippen LogP contribution in [0.15, 0.2) is 59.8 Å². The van der Waals surface area contributed by atoms with Gasteiger partial charge in [0.2, 0.25) is 5.91 Å². The molecule has 1 aliphatic carbocycles. The number of para-hydroxylation sites is 1. The van der Waals surface area contributed by atoms with Gasteiger partial charge in [-0.15, -0.1) is 10.2 Å². The Balaban J connectivity index is 1.37. The van der Waals surface area contributed by atoms with E-state index in [1.54, 1.807) is 0 Å². The molecule has 1 unspecified atom stereocenters. The Labute approximate surface area is 181 Å². The molecule has 30 heavy (non-hydrogen) atoms. The third-order valence-corrected chi connectivity index (χ3v) is 6.95. The summed E-state index contributed by atoms with van der Waals surface area (Å²) in [6.07, 6.45) is 4.40. The van der Waals surface area contributed by atoms with E-state index in [4.69, 9.17) is 0 Å². The summed E-state index contributed by atoms with van der Waals surface area (Å²) < 4.78 is 2.21. The fourth-order valence-corrected chi connectivity index (χ4v) is 5.05. The Morgan fingerprint density at radius 1 is 1.10 bits per heavy atom. The van der Waals surface area contributed by atoms with Crippen LogP contribution in [0.25, 0.3) is 0 Å². The van der Waals surface area contributed by atoms with Gasteiger partial charge in [0.1, 0.15) is 5.82 Å². The standard InChI is InChI=1S/C24H26N4OS/c1-17(23(29)27-15-7-11-19-10-5-6-12-21(19)27)30-24-26-25-22(20-13-14-20)28(24)16-18-8-3-2-4-9-18/h2-6,8-10,12,17,20H,7,11,13-16H2,1H3. The number of nitrogens with zero attached hydrogens (tertiary/aromatic N) is 4. The number of rotatable bonds is 6. The van der Waals surface area contributed by atoms with Gasteiger partial charge in [0, 0.05) is 18.2 Å². The molecule has 1 atom stereocenters. The lowest BCUT2D eigenvalue weighted by atomic mass is 10.0. The predicted octanol–water partition coefficient (Wildman–Crippen LogP) is 4.66. The van der Waals surface area contributed by atoms with Crippen molar-refractivity contribution in [2.45, 2.75) is 55.5 Å². The molecule has 5 nitrogen and oxygen atoms in total.